The van der Waals surface area contributed by atoms with E-state index in [-0.39, 0.29) is 44.0 Å². The molecule has 0 fully saturated rings. The van der Waals surface area contributed by atoms with Gasteiger partial charge in [-0.05, 0) is 0 Å². The third-order valence-electron chi connectivity index (χ3n) is 5.08. The molecule has 0 nitrogen and oxygen atoms in total. The molecular formula is C16H22Cl2SiTi. The van der Waals surface area contributed by atoms with Crippen LogP contribution in [0.2, 0.25) is 12.1 Å². The van der Waals surface area contributed by atoms with Gasteiger partial charge in [-0.25, -0.2) is 0 Å². The van der Waals surface area contributed by atoms with Crippen molar-refractivity contribution in [2.75, 3.05) is 0 Å². The molecule has 3 aliphatic rings. The number of hydrogen-bond donors (Lipinski definition) is 0. The van der Waals surface area contributed by atoms with E-state index in [1.54, 1.807) is 11.1 Å². The summed E-state index contributed by atoms with van der Waals surface area (Å²) in [5.74, 6) is 0. The van der Waals surface area contributed by atoms with Crippen LogP contribution in [0.3, 0.4) is 0 Å². The Balaban J connectivity index is 0.000001000. The van der Waals surface area contributed by atoms with Gasteiger partial charge in [0.2, 0.25) is 0 Å². The Bertz CT molecular complexity index is 493. The van der Waals surface area contributed by atoms with Gasteiger partial charge < -0.3 is 24.8 Å². The Morgan fingerprint density at radius 3 is 1.65 bits per heavy atom. The standard InChI is InChI=1S/C16H22Si.2ClH.Ti/c1-5-17(6-2,15-11-7-9-13(15)3)16-12-8-10-14(16)4;;;/h9-10H,5-8H2,1-4H3;2*1H;/q;;;+2/p-2. The van der Waals surface area contributed by atoms with E-state index >= 15 is 0 Å². The second-order valence-electron chi connectivity index (χ2n) is 5.80. The van der Waals surface area contributed by atoms with Gasteiger partial charge in [0.1, 0.15) is 0 Å². The average Bonchev–Trinajstić information content (AvgIpc) is 2.93. The Morgan fingerprint density at radius 2 is 1.30 bits per heavy atom. The zero-order chi connectivity index (χ0) is 12.9. The molecule has 108 valence electrons. The van der Waals surface area contributed by atoms with Crippen molar-refractivity contribution in [3.8, 4) is 0 Å². The molecule has 0 radical (unpaired) electrons. The smallest absolute Gasteiger partial charge is 1.00 e. The first-order chi connectivity index (χ1) is 8.64. The van der Waals surface area contributed by atoms with Crippen LogP contribution in [0.5, 0.6) is 0 Å². The maximum absolute atomic E-state index is 2.52. The van der Waals surface area contributed by atoms with Gasteiger partial charge in [-0.15, -0.1) is 0 Å². The van der Waals surface area contributed by atoms with Crippen LogP contribution in [0.15, 0.2) is 41.4 Å². The molecule has 0 N–H and O–H groups in total. The van der Waals surface area contributed by atoms with Gasteiger partial charge >= 0.3 is 121 Å². The first kappa shape index (κ1) is 18.5. The first-order valence-corrected chi connectivity index (χ1v) is 11.2. The molecule has 20 heavy (non-hydrogen) atoms. The number of halogens is 2. The Hall–Kier alpha value is 0.471. The summed E-state index contributed by atoms with van der Waals surface area (Å²) < 4.78 is 3.81. The predicted octanol–water partition coefficient (Wildman–Crippen LogP) is -1.13. The normalized spacial score (nSPS) is 21.8. The minimum Gasteiger partial charge on any atom is -1.00 e. The summed E-state index contributed by atoms with van der Waals surface area (Å²) in [6.07, 6.45) is 7.63. The van der Waals surface area contributed by atoms with E-state index < -0.39 is 8.07 Å². The fraction of sp³-hybridized carbons (Fsp3) is 0.500. The monoisotopic (exact) mass is 360 g/mol. The van der Waals surface area contributed by atoms with Gasteiger partial charge in [0.15, 0.2) is 0 Å². The molecule has 1 aliphatic heterocycles. The molecule has 0 aromatic carbocycles. The van der Waals surface area contributed by atoms with Gasteiger partial charge in [0.25, 0.3) is 0 Å². The van der Waals surface area contributed by atoms with Crippen LogP contribution in [0, 0.1) is 0 Å². The summed E-state index contributed by atoms with van der Waals surface area (Å²) in [5, 5.41) is 3.81. The van der Waals surface area contributed by atoms with Crippen molar-refractivity contribution in [3.63, 3.8) is 0 Å². The van der Waals surface area contributed by atoms with Crippen molar-refractivity contribution >= 4 is 8.07 Å². The van der Waals surface area contributed by atoms with Crippen LogP contribution in [-0.4, -0.2) is 8.07 Å². The maximum Gasteiger partial charge on any atom is -1.00 e. The van der Waals surface area contributed by atoms with E-state index in [1.807, 2.05) is 18.1 Å². The van der Waals surface area contributed by atoms with Crippen LogP contribution >= 0.6 is 0 Å². The molecule has 3 rings (SSSR count). The van der Waals surface area contributed by atoms with Crippen LogP contribution in [0.4, 0.5) is 0 Å². The molecule has 0 aromatic heterocycles. The SMILES string of the molecule is CC[Si]1(CC)C2=[C](CC=C2C)[Ti+2][C]2=C1C(C)=CC2.[Cl-].[Cl-]. The Labute approximate surface area is 145 Å². The van der Waals surface area contributed by atoms with Crippen molar-refractivity contribution in [1.82, 2.24) is 0 Å². The fourth-order valence-corrected chi connectivity index (χ4v) is 14.4. The molecule has 0 bridgehead atoms. The van der Waals surface area contributed by atoms with E-state index in [4.69, 9.17) is 0 Å². The largest absolute Gasteiger partial charge is 1.00 e. The van der Waals surface area contributed by atoms with Gasteiger partial charge in [0, 0.05) is 0 Å². The molecular weight excluding hydrogens is 339 g/mol. The molecule has 2 aliphatic carbocycles. The van der Waals surface area contributed by atoms with E-state index in [2.05, 4.69) is 39.8 Å². The van der Waals surface area contributed by atoms with Crippen LogP contribution in [0.1, 0.15) is 40.5 Å². The van der Waals surface area contributed by atoms with Gasteiger partial charge in [0.05, 0.1) is 0 Å². The van der Waals surface area contributed by atoms with Crippen LogP contribution < -0.4 is 24.8 Å². The van der Waals surface area contributed by atoms with E-state index in [0.29, 0.717) is 0 Å². The summed E-state index contributed by atoms with van der Waals surface area (Å²) in [6, 6.07) is 2.81. The van der Waals surface area contributed by atoms with Gasteiger partial charge in [-0.2, -0.15) is 0 Å². The molecule has 0 saturated carbocycles. The molecule has 0 amide bonds. The molecule has 0 saturated heterocycles. The van der Waals surface area contributed by atoms with Gasteiger partial charge in [-0.3, -0.25) is 0 Å². The fourth-order valence-electron chi connectivity index (χ4n) is 4.22. The number of allylic oxidation sites excluding steroid dienone is 8. The van der Waals surface area contributed by atoms with E-state index in [0.717, 1.165) is 0 Å². The maximum atomic E-state index is 2.52. The molecule has 0 spiro atoms. The zero-order valence-electron chi connectivity index (χ0n) is 12.7. The summed E-state index contributed by atoms with van der Waals surface area (Å²) in [5.41, 5.74) is 3.30. The number of rotatable bonds is 2. The van der Waals surface area contributed by atoms with Crippen LogP contribution in [0.25, 0.3) is 0 Å². The van der Waals surface area contributed by atoms with Crippen molar-refractivity contribution in [2.24, 2.45) is 0 Å². The van der Waals surface area contributed by atoms with Crippen molar-refractivity contribution in [1.29, 1.82) is 0 Å². The molecule has 0 atom stereocenters. The second kappa shape index (κ2) is 6.71. The first-order valence-electron chi connectivity index (χ1n) is 7.22. The molecule has 1 heterocycles. The predicted molar refractivity (Wildman–Crippen MR) is 77.5 cm³/mol. The molecule has 0 aromatic rings. The topological polar surface area (TPSA) is 0 Å². The third kappa shape index (κ3) is 2.40. The van der Waals surface area contributed by atoms with Gasteiger partial charge in [-0.1, -0.05) is 0 Å². The Kier molecular flexibility index (Phi) is 6.21. The van der Waals surface area contributed by atoms with Crippen molar-refractivity contribution in [3.05, 3.63) is 41.4 Å². The van der Waals surface area contributed by atoms with Crippen LogP contribution in [-0.2, 0) is 19.2 Å². The summed E-state index contributed by atoms with van der Waals surface area (Å²) in [4.78, 5) is 0. The second-order valence-corrected chi connectivity index (χ2v) is 12.7. The molecule has 0 unspecified atom stereocenters. The molecule has 4 heteroatoms. The minimum atomic E-state index is -1.36. The van der Waals surface area contributed by atoms with Crippen molar-refractivity contribution in [2.45, 2.75) is 52.6 Å². The summed E-state index contributed by atoms with van der Waals surface area (Å²) in [6.45, 7) is 9.66. The van der Waals surface area contributed by atoms with E-state index in [9.17, 15) is 0 Å². The number of hydrogen-bond acceptors (Lipinski definition) is 0. The summed E-state index contributed by atoms with van der Waals surface area (Å²) >= 11 is 0.0426. The average molecular weight is 361 g/mol. The Morgan fingerprint density at radius 1 is 0.900 bits per heavy atom. The quantitative estimate of drug-likeness (QED) is 0.546. The summed E-state index contributed by atoms with van der Waals surface area (Å²) in [7, 11) is -1.36. The minimum absolute atomic E-state index is 0. The van der Waals surface area contributed by atoms with E-state index in [1.165, 1.54) is 24.9 Å². The van der Waals surface area contributed by atoms with Crippen molar-refractivity contribution < 1.29 is 44.0 Å². The zero-order valence-corrected chi connectivity index (χ0v) is 16.8. The third-order valence-corrected chi connectivity index (χ3v) is 13.9.